The molecule has 0 fully saturated rings. The minimum absolute atomic E-state index is 0.0331. The first kappa shape index (κ1) is 15.5. The predicted molar refractivity (Wildman–Crippen MR) is 80.0 cm³/mol. The van der Waals surface area contributed by atoms with Crippen LogP contribution in [0, 0.1) is 6.92 Å². The SMILES string of the molecule is CCC(C)NC(=O)COc1c(C)cc(Br)cc1Br. The lowest BCUT2D eigenvalue weighted by Gasteiger charge is -2.14. The largest absolute Gasteiger partial charge is 0.482 e. The second-order valence-electron chi connectivity index (χ2n) is 4.20. The maximum atomic E-state index is 11.6. The zero-order chi connectivity index (χ0) is 13.7. The van der Waals surface area contributed by atoms with Gasteiger partial charge in [-0.25, -0.2) is 0 Å². The summed E-state index contributed by atoms with van der Waals surface area (Å²) in [4.78, 5) is 11.6. The molecule has 3 nitrogen and oxygen atoms in total. The highest BCUT2D eigenvalue weighted by Crippen LogP contribution is 2.32. The van der Waals surface area contributed by atoms with Crippen LogP contribution in [0.1, 0.15) is 25.8 Å². The summed E-state index contributed by atoms with van der Waals surface area (Å²) in [5, 5.41) is 2.86. The third-order valence-corrected chi connectivity index (χ3v) is 3.61. The van der Waals surface area contributed by atoms with Crippen LogP contribution in [0.2, 0.25) is 0 Å². The van der Waals surface area contributed by atoms with E-state index in [1.54, 1.807) is 0 Å². The summed E-state index contributed by atoms with van der Waals surface area (Å²) >= 11 is 6.83. The molecule has 1 N–H and O–H groups in total. The fourth-order valence-corrected chi connectivity index (χ4v) is 2.98. The zero-order valence-corrected chi connectivity index (χ0v) is 13.9. The monoisotopic (exact) mass is 377 g/mol. The van der Waals surface area contributed by atoms with E-state index in [0.717, 1.165) is 20.9 Å². The van der Waals surface area contributed by atoms with Crippen LogP contribution < -0.4 is 10.1 Å². The Morgan fingerprint density at radius 1 is 1.44 bits per heavy atom. The van der Waals surface area contributed by atoms with Gasteiger partial charge in [0.25, 0.3) is 5.91 Å². The van der Waals surface area contributed by atoms with E-state index in [-0.39, 0.29) is 18.6 Å². The fraction of sp³-hybridized carbons (Fsp3) is 0.462. The molecule has 0 saturated carbocycles. The van der Waals surface area contributed by atoms with E-state index in [0.29, 0.717) is 5.75 Å². The van der Waals surface area contributed by atoms with Crippen molar-refractivity contribution < 1.29 is 9.53 Å². The number of amides is 1. The molecule has 1 amide bonds. The van der Waals surface area contributed by atoms with Crippen molar-refractivity contribution in [2.75, 3.05) is 6.61 Å². The molecule has 0 aliphatic rings. The summed E-state index contributed by atoms with van der Waals surface area (Å²) in [7, 11) is 0. The van der Waals surface area contributed by atoms with Crippen LogP contribution in [0.15, 0.2) is 21.1 Å². The van der Waals surface area contributed by atoms with Gasteiger partial charge in [-0.15, -0.1) is 0 Å². The molecule has 100 valence electrons. The standard InChI is InChI=1S/C13H17Br2NO2/c1-4-9(3)16-12(17)7-18-13-8(2)5-10(14)6-11(13)15/h5-6,9H,4,7H2,1-3H3,(H,16,17). The molecule has 1 unspecified atom stereocenters. The van der Waals surface area contributed by atoms with Crippen molar-refractivity contribution in [1.82, 2.24) is 5.32 Å². The average Bonchev–Trinajstić information content (AvgIpc) is 2.27. The second-order valence-corrected chi connectivity index (χ2v) is 5.97. The van der Waals surface area contributed by atoms with Gasteiger partial charge in [0.05, 0.1) is 4.47 Å². The van der Waals surface area contributed by atoms with Crippen LogP contribution in [-0.4, -0.2) is 18.6 Å². The summed E-state index contributed by atoms with van der Waals surface area (Å²) in [6, 6.07) is 4.03. The highest BCUT2D eigenvalue weighted by molar-refractivity contribution is 9.11. The molecule has 0 radical (unpaired) electrons. The number of hydrogen-bond donors (Lipinski definition) is 1. The van der Waals surface area contributed by atoms with Crippen molar-refractivity contribution in [2.45, 2.75) is 33.2 Å². The van der Waals surface area contributed by atoms with Crippen LogP contribution in [0.3, 0.4) is 0 Å². The Morgan fingerprint density at radius 3 is 2.67 bits per heavy atom. The van der Waals surface area contributed by atoms with E-state index < -0.39 is 0 Å². The highest BCUT2D eigenvalue weighted by Gasteiger charge is 2.10. The van der Waals surface area contributed by atoms with Gasteiger partial charge in [-0.1, -0.05) is 22.9 Å². The lowest BCUT2D eigenvalue weighted by atomic mass is 10.2. The maximum absolute atomic E-state index is 11.6. The van der Waals surface area contributed by atoms with E-state index in [4.69, 9.17) is 4.74 Å². The first-order valence-corrected chi connectivity index (χ1v) is 7.40. The molecular weight excluding hydrogens is 362 g/mol. The van der Waals surface area contributed by atoms with Crippen molar-refractivity contribution in [3.63, 3.8) is 0 Å². The van der Waals surface area contributed by atoms with Gasteiger partial charge in [0.2, 0.25) is 0 Å². The number of hydrogen-bond acceptors (Lipinski definition) is 2. The summed E-state index contributed by atoms with van der Waals surface area (Å²) in [5.41, 5.74) is 0.979. The highest BCUT2D eigenvalue weighted by atomic mass is 79.9. The van der Waals surface area contributed by atoms with Gasteiger partial charge >= 0.3 is 0 Å². The van der Waals surface area contributed by atoms with Gasteiger partial charge in [-0.3, -0.25) is 4.79 Å². The van der Waals surface area contributed by atoms with Gasteiger partial charge in [0.1, 0.15) is 5.75 Å². The molecule has 0 spiro atoms. The summed E-state index contributed by atoms with van der Waals surface area (Å²) in [6.07, 6.45) is 0.909. The summed E-state index contributed by atoms with van der Waals surface area (Å²) in [5.74, 6) is 0.607. The number of rotatable bonds is 5. The third kappa shape index (κ3) is 4.61. The molecule has 0 heterocycles. The topological polar surface area (TPSA) is 38.3 Å². The quantitative estimate of drug-likeness (QED) is 0.845. The molecule has 1 atom stereocenters. The van der Waals surface area contributed by atoms with Crippen LogP contribution in [0.5, 0.6) is 5.75 Å². The van der Waals surface area contributed by atoms with Crippen LogP contribution in [0.4, 0.5) is 0 Å². The predicted octanol–water partition coefficient (Wildman–Crippen LogP) is 3.81. The smallest absolute Gasteiger partial charge is 0.258 e. The lowest BCUT2D eigenvalue weighted by Crippen LogP contribution is -2.35. The number of benzene rings is 1. The Balaban J connectivity index is 2.61. The van der Waals surface area contributed by atoms with E-state index >= 15 is 0 Å². The molecule has 0 saturated heterocycles. The van der Waals surface area contributed by atoms with E-state index in [9.17, 15) is 4.79 Å². The summed E-state index contributed by atoms with van der Waals surface area (Å²) in [6.45, 7) is 5.97. The molecule has 5 heteroatoms. The summed E-state index contributed by atoms with van der Waals surface area (Å²) < 4.78 is 7.36. The van der Waals surface area contributed by atoms with Gasteiger partial charge in [-0.2, -0.15) is 0 Å². The van der Waals surface area contributed by atoms with Crippen molar-refractivity contribution in [3.05, 3.63) is 26.6 Å². The number of ether oxygens (including phenoxy) is 1. The van der Waals surface area contributed by atoms with E-state index in [2.05, 4.69) is 37.2 Å². The van der Waals surface area contributed by atoms with Crippen molar-refractivity contribution in [2.24, 2.45) is 0 Å². The van der Waals surface area contributed by atoms with Gasteiger partial charge in [-0.05, 0) is 53.9 Å². The first-order chi connectivity index (χ1) is 8.43. The van der Waals surface area contributed by atoms with Crippen LogP contribution >= 0.6 is 31.9 Å². The van der Waals surface area contributed by atoms with E-state index in [1.165, 1.54) is 0 Å². The molecule has 1 aromatic carbocycles. The molecule has 1 aromatic rings. The second kappa shape index (κ2) is 7.14. The molecule has 18 heavy (non-hydrogen) atoms. The zero-order valence-electron chi connectivity index (χ0n) is 10.7. The van der Waals surface area contributed by atoms with Crippen molar-refractivity contribution >= 4 is 37.8 Å². The minimum atomic E-state index is -0.0985. The Kier molecular flexibility index (Phi) is 6.15. The van der Waals surface area contributed by atoms with Crippen molar-refractivity contribution in [3.8, 4) is 5.75 Å². The third-order valence-electron chi connectivity index (χ3n) is 2.56. The number of halogens is 2. The molecule has 0 aliphatic carbocycles. The average molecular weight is 379 g/mol. The van der Waals surface area contributed by atoms with Gasteiger partial charge in [0.15, 0.2) is 6.61 Å². The Bertz CT molecular complexity index is 412. The molecule has 0 bridgehead atoms. The first-order valence-electron chi connectivity index (χ1n) is 5.81. The Labute approximate surface area is 125 Å². The number of nitrogens with one attached hydrogen (secondary N) is 1. The molecule has 0 aliphatic heterocycles. The Hall–Kier alpha value is -0.550. The normalized spacial score (nSPS) is 12.1. The van der Waals surface area contributed by atoms with Crippen LogP contribution in [-0.2, 0) is 4.79 Å². The van der Waals surface area contributed by atoms with Gasteiger partial charge < -0.3 is 10.1 Å². The fourth-order valence-electron chi connectivity index (χ4n) is 1.43. The van der Waals surface area contributed by atoms with Crippen molar-refractivity contribution in [1.29, 1.82) is 0 Å². The number of aryl methyl sites for hydroxylation is 1. The number of carbonyl (C=O) groups is 1. The molecular formula is C13H17Br2NO2. The Morgan fingerprint density at radius 2 is 2.11 bits per heavy atom. The minimum Gasteiger partial charge on any atom is -0.482 e. The molecule has 0 aromatic heterocycles. The molecule has 1 rings (SSSR count). The van der Waals surface area contributed by atoms with E-state index in [1.807, 2.05) is 32.9 Å². The van der Waals surface area contributed by atoms with Crippen LogP contribution in [0.25, 0.3) is 0 Å². The van der Waals surface area contributed by atoms with Gasteiger partial charge in [0, 0.05) is 10.5 Å². The lowest BCUT2D eigenvalue weighted by molar-refractivity contribution is -0.123. The maximum Gasteiger partial charge on any atom is 0.258 e. The number of carbonyl (C=O) groups excluding carboxylic acids is 1.